The molecule has 0 saturated heterocycles. The Bertz CT molecular complexity index is 352. The molecule has 0 radical (unpaired) electrons. The summed E-state index contributed by atoms with van der Waals surface area (Å²) in [6.07, 6.45) is 0.877. The van der Waals surface area contributed by atoms with Gasteiger partial charge in [0.1, 0.15) is 6.61 Å². The van der Waals surface area contributed by atoms with Gasteiger partial charge in [-0.25, -0.2) is 4.98 Å². The molecule has 0 fully saturated rings. The molecule has 0 bridgehead atoms. The first-order valence-corrected chi connectivity index (χ1v) is 6.03. The summed E-state index contributed by atoms with van der Waals surface area (Å²) in [4.78, 5) is 16.8. The van der Waals surface area contributed by atoms with E-state index in [4.69, 9.17) is 10.5 Å². The summed E-state index contributed by atoms with van der Waals surface area (Å²) in [5.41, 5.74) is 6.27. The van der Waals surface area contributed by atoms with E-state index in [1.165, 1.54) is 11.3 Å². The average Bonchev–Trinajstić information content (AvgIpc) is 2.59. The van der Waals surface area contributed by atoms with Crippen molar-refractivity contribution in [3.8, 4) is 0 Å². The second-order valence-electron chi connectivity index (χ2n) is 3.26. The summed E-state index contributed by atoms with van der Waals surface area (Å²) in [7, 11) is 0. The number of rotatable bonds is 6. The lowest BCUT2D eigenvalue weighted by molar-refractivity contribution is -0.120. The van der Waals surface area contributed by atoms with E-state index in [1.54, 1.807) is 0 Å². The fraction of sp³-hybridized carbons (Fsp3) is 0.600. The number of hydrogen-bond donors (Lipinski definition) is 2. The van der Waals surface area contributed by atoms with Crippen LogP contribution in [-0.4, -0.2) is 30.6 Å². The number of hydrogen-bond acceptors (Lipinski definition) is 5. The van der Waals surface area contributed by atoms with Crippen LogP contribution in [0.2, 0.25) is 0 Å². The third-order valence-corrected chi connectivity index (χ3v) is 2.90. The number of carbonyl (C=O) groups excluding carboxylic acids is 1. The number of anilines is 1. The van der Waals surface area contributed by atoms with Gasteiger partial charge < -0.3 is 10.5 Å². The Labute approximate surface area is 99.0 Å². The first-order valence-electron chi connectivity index (χ1n) is 5.21. The predicted octanol–water partition coefficient (Wildman–Crippen LogP) is 0.928. The molecule has 0 saturated carbocycles. The number of carbonyl (C=O) groups is 1. The Hall–Kier alpha value is -0.980. The van der Waals surface area contributed by atoms with Gasteiger partial charge in [-0.2, -0.15) is 0 Å². The Morgan fingerprint density at radius 2 is 2.38 bits per heavy atom. The van der Waals surface area contributed by atoms with Crippen molar-refractivity contribution >= 4 is 22.4 Å². The lowest BCUT2D eigenvalue weighted by Gasteiger charge is -2.01. The van der Waals surface area contributed by atoms with Crippen LogP contribution in [0.5, 0.6) is 0 Å². The third kappa shape index (κ3) is 3.88. The topological polar surface area (TPSA) is 77.2 Å². The molecular formula is C10H17N3O2S. The Morgan fingerprint density at radius 3 is 2.94 bits per heavy atom. The van der Waals surface area contributed by atoms with Crippen LogP contribution in [-0.2, 0) is 16.0 Å². The molecule has 90 valence electrons. The van der Waals surface area contributed by atoms with Crippen molar-refractivity contribution in [1.82, 2.24) is 4.98 Å². The minimum absolute atomic E-state index is 0.0251. The zero-order valence-corrected chi connectivity index (χ0v) is 10.4. The van der Waals surface area contributed by atoms with Gasteiger partial charge in [-0.1, -0.05) is 6.92 Å². The maximum atomic E-state index is 11.4. The highest BCUT2D eigenvalue weighted by Gasteiger charge is 2.08. The molecule has 0 unspecified atom stereocenters. The Kier molecular flexibility index (Phi) is 5.37. The monoisotopic (exact) mass is 243 g/mol. The van der Waals surface area contributed by atoms with E-state index in [0.717, 1.165) is 17.0 Å². The van der Waals surface area contributed by atoms with Crippen LogP contribution in [0.4, 0.5) is 5.13 Å². The summed E-state index contributed by atoms with van der Waals surface area (Å²) in [6.45, 7) is 4.88. The molecule has 0 atom stereocenters. The average molecular weight is 243 g/mol. The van der Waals surface area contributed by atoms with E-state index in [2.05, 4.69) is 10.3 Å². The summed E-state index contributed by atoms with van der Waals surface area (Å²) in [6, 6.07) is 0. The van der Waals surface area contributed by atoms with Crippen molar-refractivity contribution in [2.45, 2.75) is 20.3 Å². The molecule has 1 amide bonds. The van der Waals surface area contributed by atoms with Crippen LogP contribution in [0, 0.1) is 6.92 Å². The minimum atomic E-state index is -0.190. The lowest BCUT2D eigenvalue weighted by atomic mass is 10.3. The van der Waals surface area contributed by atoms with Crippen molar-refractivity contribution in [3.05, 3.63) is 10.6 Å². The van der Waals surface area contributed by atoms with Crippen LogP contribution in [0.15, 0.2) is 0 Å². The minimum Gasteiger partial charge on any atom is -0.370 e. The molecule has 6 heteroatoms. The first kappa shape index (κ1) is 13.1. The van der Waals surface area contributed by atoms with Crippen LogP contribution < -0.4 is 11.1 Å². The lowest BCUT2D eigenvalue weighted by Crippen LogP contribution is -2.20. The predicted molar refractivity (Wildman–Crippen MR) is 64.7 cm³/mol. The summed E-state index contributed by atoms with van der Waals surface area (Å²) >= 11 is 1.48. The Balaban J connectivity index is 2.43. The maximum absolute atomic E-state index is 11.4. The number of nitrogens with zero attached hydrogens (tertiary/aromatic N) is 1. The second-order valence-corrected chi connectivity index (χ2v) is 4.47. The number of nitrogens with two attached hydrogens (primary N) is 1. The number of nitrogens with one attached hydrogen (secondary N) is 1. The highest BCUT2D eigenvalue weighted by Crippen LogP contribution is 2.22. The van der Waals surface area contributed by atoms with Gasteiger partial charge in [0.25, 0.3) is 5.91 Å². The first-order chi connectivity index (χ1) is 7.67. The van der Waals surface area contributed by atoms with Crippen LogP contribution >= 0.6 is 11.3 Å². The Morgan fingerprint density at radius 1 is 1.62 bits per heavy atom. The molecule has 1 heterocycles. The number of ether oxygens (including phenoxy) is 1. The van der Waals surface area contributed by atoms with Crippen molar-refractivity contribution in [2.75, 3.05) is 25.1 Å². The van der Waals surface area contributed by atoms with Gasteiger partial charge in [-0.05, 0) is 13.3 Å². The molecule has 1 aromatic heterocycles. The highest BCUT2D eigenvalue weighted by molar-refractivity contribution is 7.15. The smallest absolute Gasteiger partial charge is 0.252 e. The van der Waals surface area contributed by atoms with Gasteiger partial charge in [-0.3, -0.25) is 10.1 Å². The number of aryl methyl sites for hydroxylation is 2. The van der Waals surface area contributed by atoms with Crippen molar-refractivity contribution in [3.63, 3.8) is 0 Å². The molecule has 0 aliphatic heterocycles. The molecule has 0 aromatic carbocycles. The number of aromatic nitrogens is 1. The van der Waals surface area contributed by atoms with E-state index in [1.807, 2.05) is 13.8 Å². The zero-order valence-electron chi connectivity index (χ0n) is 9.58. The largest absolute Gasteiger partial charge is 0.370 e. The fourth-order valence-corrected chi connectivity index (χ4v) is 2.13. The third-order valence-electron chi connectivity index (χ3n) is 1.97. The highest BCUT2D eigenvalue weighted by atomic mass is 32.1. The van der Waals surface area contributed by atoms with Gasteiger partial charge in [0.15, 0.2) is 5.13 Å². The summed E-state index contributed by atoms with van der Waals surface area (Å²) in [5.74, 6) is -0.190. The van der Waals surface area contributed by atoms with E-state index in [-0.39, 0.29) is 12.5 Å². The van der Waals surface area contributed by atoms with E-state index < -0.39 is 0 Å². The van der Waals surface area contributed by atoms with Crippen molar-refractivity contribution in [2.24, 2.45) is 5.73 Å². The quantitative estimate of drug-likeness (QED) is 0.729. The summed E-state index contributed by atoms with van der Waals surface area (Å²) < 4.78 is 5.02. The molecule has 16 heavy (non-hydrogen) atoms. The summed E-state index contributed by atoms with van der Waals surface area (Å²) in [5, 5.41) is 3.33. The standard InChI is InChI=1S/C10H17N3O2S/c1-3-8-7(2)16-10(12-8)13-9(14)6-15-5-4-11/h3-6,11H2,1-2H3,(H,12,13,14). The van der Waals surface area contributed by atoms with E-state index in [9.17, 15) is 4.79 Å². The van der Waals surface area contributed by atoms with E-state index >= 15 is 0 Å². The molecule has 1 aromatic rings. The molecule has 0 aliphatic carbocycles. The SMILES string of the molecule is CCc1nc(NC(=O)COCCN)sc1C. The molecular weight excluding hydrogens is 226 g/mol. The van der Waals surface area contributed by atoms with Crippen molar-refractivity contribution < 1.29 is 9.53 Å². The van der Waals surface area contributed by atoms with E-state index in [0.29, 0.717) is 18.3 Å². The van der Waals surface area contributed by atoms with Crippen LogP contribution in [0.25, 0.3) is 0 Å². The van der Waals surface area contributed by atoms with Crippen molar-refractivity contribution in [1.29, 1.82) is 0 Å². The molecule has 0 aliphatic rings. The second kappa shape index (κ2) is 6.57. The normalized spacial score (nSPS) is 10.4. The molecule has 0 spiro atoms. The van der Waals surface area contributed by atoms with Gasteiger partial charge in [0.2, 0.25) is 0 Å². The zero-order chi connectivity index (χ0) is 12.0. The molecule has 5 nitrogen and oxygen atoms in total. The molecule has 3 N–H and O–H groups in total. The number of thiazole rings is 1. The van der Waals surface area contributed by atoms with Crippen LogP contribution in [0.3, 0.4) is 0 Å². The van der Waals surface area contributed by atoms with Gasteiger partial charge in [0, 0.05) is 11.4 Å². The van der Waals surface area contributed by atoms with Gasteiger partial charge in [0.05, 0.1) is 12.3 Å². The molecule has 1 rings (SSSR count). The fourth-order valence-electron chi connectivity index (χ4n) is 1.21. The maximum Gasteiger partial charge on any atom is 0.252 e. The number of amides is 1. The van der Waals surface area contributed by atoms with Gasteiger partial charge in [-0.15, -0.1) is 11.3 Å². The van der Waals surface area contributed by atoms with Crippen LogP contribution in [0.1, 0.15) is 17.5 Å². The van der Waals surface area contributed by atoms with Gasteiger partial charge >= 0.3 is 0 Å².